The van der Waals surface area contributed by atoms with Crippen LogP contribution in [0.4, 0.5) is 0 Å². The number of nitrogens with zero attached hydrogens (tertiary/aromatic N) is 3. The first-order valence-corrected chi connectivity index (χ1v) is 17.1. The maximum absolute atomic E-state index is 6.66. The Morgan fingerprint density at radius 1 is 0.314 bits per heavy atom. The third kappa shape index (κ3) is 5.13. The highest BCUT2D eigenvalue weighted by Gasteiger charge is 2.17. The Hall–Kier alpha value is -6.91. The fraction of sp³-hybridized carbons (Fsp3) is 0. The molecule has 51 heavy (non-hydrogen) atoms. The van der Waals surface area contributed by atoms with E-state index in [1.54, 1.807) is 0 Å². The summed E-state index contributed by atoms with van der Waals surface area (Å²) in [5.74, 6) is 1.83. The van der Waals surface area contributed by atoms with Crippen molar-refractivity contribution in [3.8, 4) is 56.4 Å². The van der Waals surface area contributed by atoms with Crippen molar-refractivity contribution in [3.63, 3.8) is 0 Å². The number of aromatic nitrogens is 3. The highest BCUT2D eigenvalue weighted by Crippen LogP contribution is 2.40. The predicted octanol–water partition coefficient (Wildman–Crippen LogP) is 12.4. The molecular weight excluding hydrogens is 623 g/mol. The lowest BCUT2D eigenvalue weighted by Crippen LogP contribution is -2.00. The second kappa shape index (κ2) is 11.9. The van der Waals surface area contributed by atoms with Crippen molar-refractivity contribution in [1.29, 1.82) is 0 Å². The van der Waals surface area contributed by atoms with Crippen molar-refractivity contribution >= 4 is 43.5 Å². The van der Waals surface area contributed by atoms with Crippen LogP contribution in [0.25, 0.3) is 99.9 Å². The minimum atomic E-state index is 0.592. The van der Waals surface area contributed by atoms with Gasteiger partial charge < -0.3 is 4.42 Å². The largest absolute Gasteiger partial charge is 0.455 e. The topological polar surface area (TPSA) is 51.8 Å². The standard InChI is InChI=1S/C47H29N3O/c1-3-12-32(13-4-1)41-29-42-39-26-25-37(28-43(39)51-44(42)40-18-10-9-17-38(40)41)47-49-45(33-14-5-2-6-15-33)48-46(50-47)34-22-19-31(20-23-34)36-24-21-30-11-7-8-16-35(30)27-36/h1-29H. The molecule has 238 valence electrons. The minimum absolute atomic E-state index is 0.592. The van der Waals surface area contributed by atoms with Gasteiger partial charge in [-0.25, -0.2) is 15.0 Å². The fourth-order valence-corrected chi connectivity index (χ4v) is 7.12. The number of furan rings is 1. The van der Waals surface area contributed by atoms with E-state index >= 15 is 0 Å². The fourth-order valence-electron chi connectivity index (χ4n) is 7.12. The van der Waals surface area contributed by atoms with E-state index in [2.05, 4.69) is 146 Å². The second-order valence-electron chi connectivity index (χ2n) is 12.8. The van der Waals surface area contributed by atoms with Crippen LogP contribution < -0.4 is 0 Å². The lowest BCUT2D eigenvalue weighted by molar-refractivity contribution is 0.673. The van der Waals surface area contributed by atoms with Crippen molar-refractivity contribution in [2.75, 3.05) is 0 Å². The average Bonchev–Trinajstić information content (AvgIpc) is 3.59. The molecule has 0 aliphatic heterocycles. The summed E-state index contributed by atoms with van der Waals surface area (Å²) >= 11 is 0. The molecule has 4 nitrogen and oxygen atoms in total. The van der Waals surface area contributed by atoms with Crippen LogP contribution in [0.1, 0.15) is 0 Å². The van der Waals surface area contributed by atoms with Crippen molar-refractivity contribution in [2.45, 2.75) is 0 Å². The first-order valence-electron chi connectivity index (χ1n) is 17.1. The molecule has 0 aliphatic carbocycles. The van der Waals surface area contributed by atoms with E-state index in [1.807, 2.05) is 30.3 Å². The van der Waals surface area contributed by atoms with Crippen molar-refractivity contribution in [1.82, 2.24) is 15.0 Å². The summed E-state index contributed by atoms with van der Waals surface area (Å²) in [5.41, 5.74) is 9.06. The van der Waals surface area contributed by atoms with Crippen LogP contribution in [0.15, 0.2) is 180 Å². The van der Waals surface area contributed by atoms with E-state index in [0.29, 0.717) is 17.5 Å². The molecule has 0 saturated heterocycles. The van der Waals surface area contributed by atoms with Crippen LogP contribution >= 0.6 is 0 Å². The Balaban J connectivity index is 1.09. The van der Waals surface area contributed by atoms with Gasteiger partial charge in [-0.1, -0.05) is 152 Å². The Morgan fingerprint density at radius 3 is 1.61 bits per heavy atom. The van der Waals surface area contributed by atoms with Crippen LogP contribution in [-0.4, -0.2) is 15.0 Å². The maximum atomic E-state index is 6.66. The number of benzene rings is 8. The van der Waals surface area contributed by atoms with Crippen LogP contribution in [0.5, 0.6) is 0 Å². The molecule has 0 atom stereocenters. The molecule has 0 fully saturated rings. The molecule has 0 unspecified atom stereocenters. The van der Waals surface area contributed by atoms with Gasteiger partial charge in [0.1, 0.15) is 11.2 Å². The summed E-state index contributed by atoms with van der Waals surface area (Å²) < 4.78 is 6.66. The monoisotopic (exact) mass is 651 g/mol. The summed E-state index contributed by atoms with van der Waals surface area (Å²) in [6, 6.07) is 61.1. The van der Waals surface area contributed by atoms with Gasteiger partial charge >= 0.3 is 0 Å². The van der Waals surface area contributed by atoms with Gasteiger partial charge in [0.25, 0.3) is 0 Å². The van der Waals surface area contributed by atoms with Gasteiger partial charge in [0.05, 0.1) is 0 Å². The molecule has 4 heteroatoms. The second-order valence-corrected chi connectivity index (χ2v) is 12.8. The molecule has 10 rings (SSSR count). The molecule has 0 spiro atoms. The Bertz CT molecular complexity index is 2900. The molecule has 0 saturated carbocycles. The molecule has 0 N–H and O–H groups in total. The maximum Gasteiger partial charge on any atom is 0.164 e. The van der Waals surface area contributed by atoms with E-state index in [-0.39, 0.29) is 0 Å². The van der Waals surface area contributed by atoms with E-state index in [0.717, 1.165) is 55.0 Å². The smallest absolute Gasteiger partial charge is 0.164 e. The molecular formula is C47H29N3O. The van der Waals surface area contributed by atoms with Crippen LogP contribution in [0.3, 0.4) is 0 Å². The number of hydrogen-bond donors (Lipinski definition) is 0. The van der Waals surface area contributed by atoms with Gasteiger partial charge in [0.15, 0.2) is 17.5 Å². The van der Waals surface area contributed by atoms with E-state index in [9.17, 15) is 0 Å². The highest BCUT2D eigenvalue weighted by atomic mass is 16.3. The number of hydrogen-bond acceptors (Lipinski definition) is 4. The van der Waals surface area contributed by atoms with Crippen LogP contribution in [-0.2, 0) is 0 Å². The quantitative estimate of drug-likeness (QED) is 0.186. The summed E-state index contributed by atoms with van der Waals surface area (Å²) in [6.07, 6.45) is 0. The lowest BCUT2D eigenvalue weighted by Gasteiger charge is -2.09. The number of rotatable bonds is 5. The van der Waals surface area contributed by atoms with E-state index < -0.39 is 0 Å². The Kier molecular flexibility index (Phi) is 6.78. The highest BCUT2D eigenvalue weighted by molar-refractivity contribution is 6.19. The van der Waals surface area contributed by atoms with Gasteiger partial charge in [-0.15, -0.1) is 0 Å². The molecule has 2 heterocycles. The van der Waals surface area contributed by atoms with Crippen LogP contribution in [0, 0.1) is 0 Å². The normalized spacial score (nSPS) is 11.5. The van der Waals surface area contributed by atoms with Gasteiger partial charge in [0.2, 0.25) is 0 Å². The van der Waals surface area contributed by atoms with Crippen molar-refractivity contribution in [3.05, 3.63) is 176 Å². The zero-order chi connectivity index (χ0) is 33.7. The lowest BCUT2D eigenvalue weighted by atomic mass is 9.95. The van der Waals surface area contributed by atoms with E-state index in [4.69, 9.17) is 19.4 Å². The van der Waals surface area contributed by atoms with Gasteiger partial charge in [0, 0.05) is 32.8 Å². The average molecular weight is 652 g/mol. The Labute approximate surface area is 294 Å². The third-order valence-corrected chi connectivity index (χ3v) is 9.72. The molecule has 0 amide bonds. The third-order valence-electron chi connectivity index (χ3n) is 9.72. The summed E-state index contributed by atoms with van der Waals surface area (Å²) in [5, 5.41) is 6.85. The SMILES string of the molecule is c1ccc(-c2nc(-c3ccc(-c4ccc5ccccc5c4)cc3)nc(-c3ccc4c(c3)oc3c5ccccc5c(-c5ccccc5)cc43)n2)cc1. The summed E-state index contributed by atoms with van der Waals surface area (Å²) in [4.78, 5) is 15.0. The van der Waals surface area contributed by atoms with Crippen molar-refractivity contribution < 1.29 is 4.42 Å². The van der Waals surface area contributed by atoms with Crippen LogP contribution in [0.2, 0.25) is 0 Å². The van der Waals surface area contributed by atoms with Gasteiger partial charge in [-0.3, -0.25) is 0 Å². The molecule has 0 bridgehead atoms. The zero-order valence-corrected chi connectivity index (χ0v) is 27.5. The molecule has 10 aromatic rings. The van der Waals surface area contributed by atoms with Crippen molar-refractivity contribution in [2.24, 2.45) is 0 Å². The first-order chi connectivity index (χ1) is 25.2. The van der Waals surface area contributed by atoms with Gasteiger partial charge in [-0.2, -0.15) is 0 Å². The summed E-state index contributed by atoms with van der Waals surface area (Å²) in [7, 11) is 0. The van der Waals surface area contributed by atoms with E-state index in [1.165, 1.54) is 27.5 Å². The van der Waals surface area contributed by atoms with Gasteiger partial charge in [-0.05, 0) is 62.7 Å². The predicted molar refractivity (Wildman–Crippen MR) is 209 cm³/mol. The Morgan fingerprint density at radius 2 is 0.863 bits per heavy atom. The molecule has 8 aromatic carbocycles. The first kappa shape index (κ1) is 29.0. The summed E-state index contributed by atoms with van der Waals surface area (Å²) in [6.45, 7) is 0. The number of fused-ring (bicyclic) bond motifs is 6. The minimum Gasteiger partial charge on any atom is -0.455 e. The molecule has 0 aliphatic rings. The zero-order valence-electron chi connectivity index (χ0n) is 27.5. The molecule has 0 radical (unpaired) electrons. The molecule has 2 aromatic heterocycles.